The first-order valence-corrected chi connectivity index (χ1v) is 7.80. The Bertz CT molecular complexity index is 1050. The number of fused-ring (bicyclic) bond motifs is 1. The van der Waals surface area contributed by atoms with Crippen LogP contribution in [0.1, 0.15) is 10.4 Å². The van der Waals surface area contributed by atoms with Crippen molar-refractivity contribution in [3.8, 4) is 0 Å². The van der Waals surface area contributed by atoms with E-state index in [0.717, 1.165) is 0 Å². The maximum Gasteiger partial charge on any atom is 0.417 e. The molecule has 0 radical (unpaired) electrons. The molecule has 3 rings (SSSR count). The number of carbonyl (C=O) groups is 1. The third-order valence-corrected chi connectivity index (χ3v) is 4.45. The number of aromatic nitrogens is 1. The Hall–Kier alpha value is -3.07. The normalized spacial score (nSPS) is 11.5. The molecule has 3 aromatic rings. The fourth-order valence-corrected chi connectivity index (χ4v) is 3.05. The molecule has 0 amide bonds. The van der Waals surface area contributed by atoms with Crippen LogP contribution in [0.2, 0.25) is 0 Å². The van der Waals surface area contributed by atoms with Crippen molar-refractivity contribution in [2.24, 2.45) is 0 Å². The molecular formula is C14H9N2O6S-. The number of benzene rings is 2. The number of carbonyl (C=O) groups excluding carboxylic acids is 1. The standard InChI is InChI=1S/C14H10N2O6S/c17-13(18)8-1-3-9(4-2-8)16-23(20,21)10-5-6-11-12(7-10)22-14(19)15-11/h1-7,16H,(H,15,19)(H,17,18)/p-1. The number of oxazole rings is 1. The topological polar surface area (TPSA) is 132 Å². The lowest BCUT2D eigenvalue weighted by Gasteiger charge is -2.09. The van der Waals surface area contributed by atoms with Crippen LogP contribution >= 0.6 is 0 Å². The molecule has 0 aliphatic rings. The Balaban J connectivity index is 1.93. The number of H-pyrrole nitrogens is 1. The number of carboxylic acids is 1. The van der Waals surface area contributed by atoms with E-state index in [-0.39, 0.29) is 21.7 Å². The number of carboxylic acid groups (broad SMARTS) is 1. The average Bonchev–Trinajstić information content (AvgIpc) is 2.86. The Morgan fingerprint density at radius 1 is 1.13 bits per heavy atom. The molecule has 23 heavy (non-hydrogen) atoms. The van der Waals surface area contributed by atoms with Crippen LogP contribution in [-0.2, 0) is 10.0 Å². The Kier molecular flexibility index (Phi) is 3.41. The second-order valence-corrected chi connectivity index (χ2v) is 6.33. The van der Waals surface area contributed by atoms with Crippen LogP contribution in [0.25, 0.3) is 11.1 Å². The first-order chi connectivity index (χ1) is 10.8. The summed E-state index contributed by atoms with van der Waals surface area (Å²) in [4.78, 5) is 24.0. The number of hydrogen-bond donors (Lipinski definition) is 2. The summed E-state index contributed by atoms with van der Waals surface area (Å²) in [7, 11) is -3.92. The molecule has 0 aliphatic heterocycles. The Morgan fingerprint density at radius 3 is 2.48 bits per heavy atom. The molecule has 0 atom stereocenters. The molecule has 0 aliphatic carbocycles. The number of aromatic amines is 1. The van der Waals surface area contributed by atoms with E-state index in [9.17, 15) is 23.1 Å². The van der Waals surface area contributed by atoms with Gasteiger partial charge >= 0.3 is 5.76 Å². The van der Waals surface area contributed by atoms with Gasteiger partial charge in [-0.1, -0.05) is 12.1 Å². The summed E-state index contributed by atoms with van der Waals surface area (Å²) in [5.41, 5.74) is 0.617. The molecule has 2 aromatic carbocycles. The van der Waals surface area contributed by atoms with Gasteiger partial charge in [0, 0.05) is 11.8 Å². The van der Waals surface area contributed by atoms with Crippen LogP contribution < -0.4 is 15.6 Å². The van der Waals surface area contributed by atoms with E-state index in [4.69, 9.17) is 4.42 Å². The Labute approximate surface area is 129 Å². The van der Waals surface area contributed by atoms with Crippen LogP contribution in [0.15, 0.2) is 56.6 Å². The lowest BCUT2D eigenvalue weighted by atomic mass is 10.2. The summed E-state index contributed by atoms with van der Waals surface area (Å²) in [6.45, 7) is 0. The first kappa shape index (κ1) is 14.9. The summed E-state index contributed by atoms with van der Waals surface area (Å²) < 4.78 is 31.7. The molecule has 0 unspecified atom stereocenters. The van der Waals surface area contributed by atoms with Gasteiger partial charge in [-0.3, -0.25) is 9.71 Å². The van der Waals surface area contributed by atoms with E-state index < -0.39 is 21.7 Å². The number of sulfonamides is 1. The van der Waals surface area contributed by atoms with Gasteiger partial charge in [0.25, 0.3) is 10.0 Å². The van der Waals surface area contributed by atoms with Crippen LogP contribution in [0.5, 0.6) is 0 Å². The molecule has 9 heteroatoms. The van der Waals surface area contributed by atoms with Gasteiger partial charge in [0.2, 0.25) is 0 Å². The Morgan fingerprint density at radius 2 is 1.83 bits per heavy atom. The molecule has 118 valence electrons. The number of aromatic carboxylic acids is 1. The molecule has 0 saturated heterocycles. The molecule has 0 bridgehead atoms. The maximum atomic E-state index is 12.3. The molecule has 0 spiro atoms. The third kappa shape index (κ3) is 2.94. The van der Waals surface area contributed by atoms with Crippen LogP contribution in [-0.4, -0.2) is 19.4 Å². The largest absolute Gasteiger partial charge is 0.545 e. The lowest BCUT2D eigenvalue weighted by molar-refractivity contribution is -0.255. The van der Waals surface area contributed by atoms with Gasteiger partial charge in [-0.15, -0.1) is 0 Å². The molecule has 0 fully saturated rings. The van der Waals surface area contributed by atoms with E-state index in [1.807, 2.05) is 0 Å². The second-order valence-electron chi connectivity index (χ2n) is 4.64. The van der Waals surface area contributed by atoms with Crippen molar-refractivity contribution in [1.82, 2.24) is 4.98 Å². The minimum Gasteiger partial charge on any atom is -0.545 e. The van der Waals surface area contributed by atoms with Crippen molar-refractivity contribution >= 4 is 32.8 Å². The molecule has 8 nitrogen and oxygen atoms in total. The van der Waals surface area contributed by atoms with Crippen LogP contribution in [0.4, 0.5) is 5.69 Å². The molecule has 1 aromatic heterocycles. The third-order valence-electron chi connectivity index (χ3n) is 3.08. The maximum absolute atomic E-state index is 12.3. The van der Waals surface area contributed by atoms with Gasteiger partial charge in [0.1, 0.15) is 0 Å². The highest BCUT2D eigenvalue weighted by molar-refractivity contribution is 7.92. The van der Waals surface area contributed by atoms with Gasteiger partial charge in [0.05, 0.1) is 16.4 Å². The molecule has 1 heterocycles. The number of anilines is 1. The average molecular weight is 333 g/mol. The number of rotatable bonds is 4. The molecule has 2 N–H and O–H groups in total. The molecule has 0 saturated carbocycles. The second kappa shape index (κ2) is 5.29. The monoisotopic (exact) mass is 333 g/mol. The highest BCUT2D eigenvalue weighted by Crippen LogP contribution is 2.20. The SMILES string of the molecule is O=C([O-])c1ccc(NS(=O)(=O)c2ccc3[nH]c(=O)oc3c2)cc1. The zero-order chi connectivity index (χ0) is 16.6. The minimum atomic E-state index is -3.92. The van der Waals surface area contributed by atoms with Crippen molar-refractivity contribution in [3.05, 3.63) is 58.6 Å². The van der Waals surface area contributed by atoms with Gasteiger partial charge in [-0.2, -0.15) is 0 Å². The summed E-state index contributed by atoms with van der Waals surface area (Å²) in [6.07, 6.45) is 0. The first-order valence-electron chi connectivity index (χ1n) is 6.32. The van der Waals surface area contributed by atoms with Gasteiger partial charge in [0.15, 0.2) is 5.58 Å². The summed E-state index contributed by atoms with van der Waals surface area (Å²) >= 11 is 0. The number of nitrogens with one attached hydrogen (secondary N) is 2. The predicted octanol–water partition coefficient (Wildman–Crippen LogP) is 0.285. The summed E-state index contributed by atoms with van der Waals surface area (Å²) in [6, 6.07) is 8.99. The minimum absolute atomic E-state index is 0.0662. The zero-order valence-corrected chi connectivity index (χ0v) is 12.2. The lowest BCUT2D eigenvalue weighted by Crippen LogP contribution is -2.22. The zero-order valence-electron chi connectivity index (χ0n) is 11.4. The van der Waals surface area contributed by atoms with Crippen LogP contribution in [0.3, 0.4) is 0 Å². The van der Waals surface area contributed by atoms with Crippen molar-refractivity contribution in [1.29, 1.82) is 0 Å². The highest BCUT2D eigenvalue weighted by Gasteiger charge is 2.16. The molecular weight excluding hydrogens is 324 g/mol. The number of hydrogen-bond acceptors (Lipinski definition) is 6. The van der Waals surface area contributed by atoms with Crippen molar-refractivity contribution in [2.45, 2.75) is 4.90 Å². The van der Waals surface area contributed by atoms with E-state index >= 15 is 0 Å². The van der Waals surface area contributed by atoms with Crippen LogP contribution in [0, 0.1) is 0 Å². The van der Waals surface area contributed by atoms with Crippen molar-refractivity contribution in [3.63, 3.8) is 0 Å². The van der Waals surface area contributed by atoms with Gasteiger partial charge in [-0.25, -0.2) is 13.2 Å². The van der Waals surface area contributed by atoms with Gasteiger partial charge < -0.3 is 14.3 Å². The van der Waals surface area contributed by atoms with Crippen molar-refractivity contribution < 1.29 is 22.7 Å². The summed E-state index contributed by atoms with van der Waals surface area (Å²) in [5, 5.41) is 10.7. The van der Waals surface area contributed by atoms with Crippen molar-refractivity contribution in [2.75, 3.05) is 4.72 Å². The van der Waals surface area contributed by atoms with E-state index in [1.54, 1.807) is 0 Å². The smallest absolute Gasteiger partial charge is 0.417 e. The predicted molar refractivity (Wildman–Crippen MR) is 78.4 cm³/mol. The quantitative estimate of drug-likeness (QED) is 0.705. The summed E-state index contributed by atoms with van der Waals surface area (Å²) in [5.74, 6) is -2.03. The van der Waals surface area contributed by atoms with E-state index in [1.165, 1.54) is 42.5 Å². The van der Waals surface area contributed by atoms with E-state index in [0.29, 0.717) is 5.52 Å². The van der Waals surface area contributed by atoms with E-state index in [2.05, 4.69) is 9.71 Å². The highest BCUT2D eigenvalue weighted by atomic mass is 32.2. The van der Waals surface area contributed by atoms with Gasteiger partial charge in [-0.05, 0) is 29.8 Å². The fraction of sp³-hybridized carbons (Fsp3) is 0. The fourth-order valence-electron chi connectivity index (χ4n) is 1.98.